The van der Waals surface area contributed by atoms with E-state index in [0.29, 0.717) is 24.3 Å². The third-order valence-electron chi connectivity index (χ3n) is 5.88. The Morgan fingerprint density at radius 3 is 2.59 bits per heavy atom. The van der Waals surface area contributed by atoms with Crippen LogP contribution in [0.5, 0.6) is 0 Å². The molecule has 7 heteroatoms. The van der Waals surface area contributed by atoms with Crippen molar-refractivity contribution in [3.63, 3.8) is 0 Å². The van der Waals surface area contributed by atoms with Crippen molar-refractivity contribution in [1.29, 1.82) is 0 Å². The van der Waals surface area contributed by atoms with E-state index >= 15 is 0 Å². The van der Waals surface area contributed by atoms with Gasteiger partial charge in [-0.05, 0) is 37.5 Å². The van der Waals surface area contributed by atoms with Crippen molar-refractivity contribution in [2.24, 2.45) is 4.99 Å². The monoisotopic (exact) mass is 477 g/mol. The van der Waals surface area contributed by atoms with Gasteiger partial charge in [-0.3, -0.25) is 4.79 Å². The van der Waals surface area contributed by atoms with Crippen LogP contribution < -0.4 is 5.32 Å². The molecule has 1 N–H and O–H groups in total. The maximum absolute atomic E-state index is 13.3. The summed E-state index contributed by atoms with van der Waals surface area (Å²) in [6.07, 6.45) is 3.39. The van der Waals surface area contributed by atoms with E-state index in [2.05, 4.69) is 17.1 Å². The summed E-state index contributed by atoms with van der Waals surface area (Å²) in [7, 11) is 0. The first-order valence-electron chi connectivity index (χ1n) is 12.0. The van der Waals surface area contributed by atoms with E-state index < -0.39 is 0 Å². The molecule has 0 saturated carbocycles. The molecule has 34 heavy (non-hydrogen) atoms. The third kappa shape index (κ3) is 5.36. The van der Waals surface area contributed by atoms with Gasteiger partial charge in [0.2, 0.25) is 5.91 Å². The normalized spacial score (nSPS) is 17.6. The van der Waals surface area contributed by atoms with Gasteiger partial charge in [0, 0.05) is 30.0 Å². The number of amides is 1. The zero-order valence-corrected chi connectivity index (χ0v) is 20.6. The first-order chi connectivity index (χ1) is 16.6. The predicted molar refractivity (Wildman–Crippen MR) is 139 cm³/mol. The average Bonchev–Trinajstić information content (AvgIpc) is 2.87. The zero-order chi connectivity index (χ0) is 23.9. The Balaban J connectivity index is 1.75. The smallest absolute Gasteiger partial charge is 0.338 e. The number of fused-ring (bicyclic) bond motifs is 1. The maximum Gasteiger partial charge on any atom is 0.338 e. The number of anilines is 1. The van der Waals surface area contributed by atoms with Crippen LogP contribution in [0.1, 0.15) is 56.7 Å². The molecule has 0 aliphatic carbocycles. The molecule has 6 nitrogen and oxygen atoms in total. The van der Waals surface area contributed by atoms with E-state index in [4.69, 9.17) is 9.73 Å². The van der Waals surface area contributed by atoms with Crippen molar-refractivity contribution in [2.75, 3.05) is 24.2 Å². The highest BCUT2D eigenvalue weighted by molar-refractivity contribution is 8.13. The first-order valence-corrected chi connectivity index (χ1v) is 13.0. The van der Waals surface area contributed by atoms with Crippen LogP contribution in [0.15, 0.2) is 65.2 Å². The lowest BCUT2D eigenvalue weighted by Crippen LogP contribution is -2.42. The van der Waals surface area contributed by atoms with Gasteiger partial charge in [-0.2, -0.15) is 0 Å². The van der Waals surface area contributed by atoms with Crippen LogP contribution in [0.4, 0.5) is 5.69 Å². The Labute approximate surface area is 205 Å². The molecule has 1 unspecified atom stereocenters. The van der Waals surface area contributed by atoms with Gasteiger partial charge in [0.05, 0.1) is 23.9 Å². The van der Waals surface area contributed by atoms with Gasteiger partial charge >= 0.3 is 5.97 Å². The summed E-state index contributed by atoms with van der Waals surface area (Å²) in [5.41, 5.74) is 3.85. The van der Waals surface area contributed by atoms with Crippen LogP contribution in [-0.4, -0.2) is 40.8 Å². The number of ether oxygens (including phenoxy) is 1. The highest BCUT2D eigenvalue weighted by Gasteiger charge is 2.39. The number of esters is 1. The number of nitrogens with zero attached hydrogens (tertiary/aromatic N) is 2. The van der Waals surface area contributed by atoms with Gasteiger partial charge in [-0.1, -0.05) is 67.6 Å². The topological polar surface area (TPSA) is 71.0 Å². The molecule has 0 bridgehead atoms. The number of aliphatic imine (C=N–C) groups is 1. The molecule has 1 atom stereocenters. The molecule has 2 aliphatic heterocycles. The fourth-order valence-electron chi connectivity index (χ4n) is 4.24. The molecule has 0 radical (unpaired) electrons. The second-order valence-electron chi connectivity index (χ2n) is 8.31. The van der Waals surface area contributed by atoms with E-state index in [1.807, 2.05) is 61.5 Å². The number of hydrogen-bond acceptors (Lipinski definition) is 6. The second-order valence-corrected chi connectivity index (χ2v) is 9.38. The highest BCUT2D eigenvalue weighted by Crippen LogP contribution is 2.43. The number of carbonyl (C=O) groups is 2. The third-order valence-corrected chi connectivity index (χ3v) is 6.95. The number of hydrogen-bond donors (Lipinski definition) is 1. The van der Waals surface area contributed by atoms with Crippen molar-refractivity contribution in [3.8, 4) is 0 Å². The summed E-state index contributed by atoms with van der Waals surface area (Å²) < 4.78 is 5.52. The van der Waals surface area contributed by atoms with E-state index in [1.54, 1.807) is 11.8 Å². The summed E-state index contributed by atoms with van der Waals surface area (Å²) in [4.78, 5) is 32.6. The van der Waals surface area contributed by atoms with Crippen molar-refractivity contribution >= 4 is 40.2 Å². The molecule has 178 valence electrons. The fourth-order valence-corrected chi connectivity index (χ4v) is 5.22. The number of carbonyl (C=O) groups excluding carboxylic acids is 2. The van der Waals surface area contributed by atoms with E-state index in [1.165, 1.54) is 0 Å². The van der Waals surface area contributed by atoms with Crippen molar-refractivity contribution in [3.05, 3.63) is 71.3 Å². The van der Waals surface area contributed by atoms with Gasteiger partial charge in [-0.25, -0.2) is 9.79 Å². The number of thioether (sulfide) groups is 1. The largest absolute Gasteiger partial charge is 0.463 e. The summed E-state index contributed by atoms with van der Waals surface area (Å²) in [6, 6.07) is 17.3. The van der Waals surface area contributed by atoms with Gasteiger partial charge in [-0.15, -0.1) is 0 Å². The molecule has 2 aromatic rings. The summed E-state index contributed by atoms with van der Waals surface area (Å²) >= 11 is 1.72. The minimum atomic E-state index is -0.346. The van der Waals surface area contributed by atoms with Crippen LogP contribution in [0.2, 0.25) is 0 Å². The van der Waals surface area contributed by atoms with Crippen molar-refractivity contribution in [1.82, 2.24) is 4.90 Å². The molecule has 1 fully saturated rings. The van der Waals surface area contributed by atoms with Crippen LogP contribution in [0, 0.1) is 0 Å². The molecule has 4 rings (SSSR count). The SMILES string of the molecule is CCCCC(=O)Nc1ccc(C2C(C(=O)OCC)=C(c3ccccc3)N=C3SCCCN32)cc1. The molecular weight excluding hydrogens is 446 g/mol. The number of unbranched alkanes of at least 4 members (excludes halogenated alkanes) is 1. The Morgan fingerprint density at radius 2 is 1.88 bits per heavy atom. The van der Waals surface area contributed by atoms with E-state index in [-0.39, 0.29) is 17.9 Å². The lowest BCUT2D eigenvalue weighted by Gasteiger charge is -2.41. The summed E-state index contributed by atoms with van der Waals surface area (Å²) in [5, 5.41) is 3.90. The van der Waals surface area contributed by atoms with Crippen molar-refractivity contribution < 1.29 is 14.3 Å². The standard InChI is InChI=1S/C27H31N3O3S/c1-3-5-12-22(31)28-21-15-13-20(14-16-21)25-23(26(32)33-4-2)24(19-10-7-6-8-11-19)29-27-30(25)17-9-18-34-27/h6-8,10-11,13-16,25H,3-5,9,12,17-18H2,1-2H3,(H,28,31). The second kappa shape index (κ2) is 11.4. The fraction of sp³-hybridized carbons (Fsp3) is 0.370. The Bertz CT molecular complexity index is 1080. The molecule has 1 amide bonds. The lowest BCUT2D eigenvalue weighted by molar-refractivity contribution is -0.139. The number of nitrogens with one attached hydrogen (secondary N) is 1. The zero-order valence-electron chi connectivity index (χ0n) is 19.8. The average molecular weight is 478 g/mol. The number of amidine groups is 1. The molecule has 2 aromatic carbocycles. The molecular formula is C27H31N3O3S. The van der Waals surface area contributed by atoms with Gasteiger partial charge in [0.1, 0.15) is 0 Å². The highest BCUT2D eigenvalue weighted by atomic mass is 32.2. The Kier molecular flexibility index (Phi) is 8.06. The van der Waals surface area contributed by atoms with E-state index in [9.17, 15) is 9.59 Å². The van der Waals surface area contributed by atoms with Crippen LogP contribution >= 0.6 is 11.8 Å². The minimum Gasteiger partial charge on any atom is -0.463 e. The van der Waals surface area contributed by atoms with Crippen LogP contribution in [-0.2, 0) is 14.3 Å². The van der Waals surface area contributed by atoms with Crippen LogP contribution in [0.3, 0.4) is 0 Å². The molecule has 2 heterocycles. The lowest BCUT2D eigenvalue weighted by atomic mass is 9.91. The molecule has 0 aromatic heterocycles. The summed E-state index contributed by atoms with van der Waals surface area (Å²) in [5.74, 6) is 0.677. The molecule has 0 spiro atoms. The van der Waals surface area contributed by atoms with Crippen molar-refractivity contribution in [2.45, 2.75) is 45.6 Å². The minimum absolute atomic E-state index is 0.0209. The van der Waals surface area contributed by atoms with Gasteiger partial charge in [0.25, 0.3) is 0 Å². The quantitative estimate of drug-likeness (QED) is 0.498. The number of rotatable bonds is 8. The molecule has 1 saturated heterocycles. The Morgan fingerprint density at radius 1 is 1.12 bits per heavy atom. The van der Waals surface area contributed by atoms with Gasteiger partial charge in [0.15, 0.2) is 5.17 Å². The Hall–Kier alpha value is -3.06. The maximum atomic E-state index is 13.3. The molecule has 2 aliphatic rings. The predicted octanol–water partition coefficient (Wildman–Crippen LogP) is 5.64. The van der Waals surface area contributed by atoms with Gasteiger partial charge < -0.3 is 15.0 Å². The number of benzene rings is 2. The van der Waals surface area contributed by atoms with Crippen LogP contribution in [0.25, 0.3) is 5.70 Å². The first kappa shape index (κ1) is 24.1. The summed E-state index contributed by atoms with van der Waals surface area (Å²) in [6.45, 7) is 5.00. The van der Waals surface area contributed by atoms with E-state index in [0.717, 1.165) is 53.5 Å².